The first-order valence-electron chi connectivity index (χ1n) is 3.81. The molecule has 0 aromatic carbocycles. The van der Waals surface area contributed by atoms with Crippen LogP contribution in [0.5, 0.6) is 0 Å². The highest BCUT2D eigenvalue weighted by Gasteiger charge is 2.03. The lowest BCUT2D eigenvalue weighted by Crippen LogP contribution is -1.90. The number of hydrogen-bond donors (Lipinski definition) is 0. The van der Waals surface area contributed by atoms with E-state index in [1.165, 1.54) is 16.1 Å². The molecule has 2 heterocycles. The molecule has 0 unspecified atom stereocenters. The first-order valence-corrected chi connectivity index (χ1v) is 4.69. The summed E-state index contributed by atoms with van der Waals surface area (Å²) in [7, 11) is 1.96. The van der Waals surface area contributed by atoms with E-state index in [-0.39, 0.29) is 0 Å². The minimum atomic E-state index is 1.19. The van der Waals surface area contributed by atoms with Crippen LogP contribution >= 0.6 is 11.3 Å². The quantitative estimate of drug-likeness (QED) is 0.656. The first kappa shape index (κ1) is 7.55. The zero-order valence-electron chi connectivity index (χ0n) is 7.11. The molecule has 0 aliphatic rings. The van der Waals surface area contributed by atoms with E-state index >= 15 is 0 Å². The van der Waals surface area contributed by atoms with Crippen LogP contribution < -0.4 is 0 Å². The van der Waals surface area contributed by atoms with Gasteiger partial charge < -0.3 is 0 Å². The first-order chi connectivity index (χ1) is 5.77. The van der Waals surface area contributed by atoms with Gasteiger partial charge in [0.25, 0.3) is 0 Å². The Kier molecular flexibility index (Phi) is 1.73. The maximum Gasteiger partial charge on any atom is 0.0778 e. The van der Waals surface area contributed by atoms with Gasteiger partial charge >= 0.3 is 0 Å². The van der Waals surface area contributed by atoms with E-state index in [1.54, 1.807) is 11.3 Å². The van der Waals surface area contributed by atoms with Gasteiger partial charge in [-0.1, -0.05) is 0 Å². The van der Waals surface area contributed by atoms with Crippen molar-refractivity contribution < 1.29 is 0 Å². The molecule has 0 spiro atoms. The van der Waals surface area contributed by atoms with Crippen LogP contribution in [0.2, 0.25) is 0 Å². The lowest BCUT2D eigenvalue weighted by Gasteiger charge is -1.95. The van der Waals surface area contributed by atoms with Gasteiger partial charge in [-0.05, 0) is 30.0 Å². The highest BCUT2D eigenvalue weighted by molar-refractivity contribution is 7.13. The molecule has 0 atom stereocenters. The molecule has 2 aromatic heterocycles. The van der Waals surface area contributed by atoms with Crippen LogP contribution in [0.1, 0.15) is 5.56 Å². The van der Waals surface area contributed by atoms with Crippen LogP contribution in [-0.2, 0) is 7.05 Å². The Morgan fingerprint density at radius 2 is 2.33 bits per heavy atom. The van der Waals surface area contributed by atoms with E-state index < -0.39 is 0 Å². The maximum absolute atomic E-state index is 4.13. The molecule has 0 N–H and O–H groups in total. The van der Waals surface area contributed by atoms with Crippen LogP contribution in [0.3, 0.4) is 0 Å². The standard InChI is InChI=1S/C9H10N2S/c1-7-5-9(12-6-7)8-3-4-10-11(8)2/h3-6H,1-2H3. The SMILES string of the molecule is Cc1csc(-c2ccnn2C)c1. The number of thiophene rings is 1. The molecule has 0 saturated carbocycles. The zero-order valence-corrected chi connectivity index (χ0v) is 7.93. The molecule has 0 fully saturated rings. The van der Waals surface area contributed by atoms with Crippen molar-refractivity contribution in [3.8, 4) is 10.6 Å². The van der Waals surface area contributed by atoms with Crippen molar-refractivity contribution in [1.82, 2.24) is 9.78 Å². The lowest BCUT2D eigenvalue weighted by atomic mass is 10.3. The minimum absolute atomic E-state index is 1.19. The van der Waals surface area contributed by atoms with Crippen molar-refractivity contribution in [2.24, 2.45) is 7.05 Å². The third kappa shape index (κ3) is 1.16. The van der Waals surface area contributed by atoms with Crippen LogP contribution in [-0.4, -0.2) is 9.78 Å². The number of aryl methyl sites for hydroxylation is 2. The normalized spacial score (nSPS) is 10.5. The number of rotatable bonds is 1. The van der Waals surface area contributed by atoms with Crippen molar-refractivity contribution in [2.45, 2.75) is 6.92 Å². The lowest BCUT2D eigenvalue weighted by molar-refractivity contribution is 0.777. The van der Waals surface area contributed by atoms with E-state index in [4.69, 9.17) is 0 Å². The summed E-state index contributed by atoms with van der Waals surface area (Å²) >= 11 is 1.76. The molecule has 2 nitrogen and oxygen atoms in total. The van der Waals surface area contributed by atoms with Crippen molar-refractivity contribution >= 4 is 11.3 Å². The van der Waals surface area contributed by atoms with E-state index in [9.17, 15) is 0 Å². The molecule has 2 aromatic rings. The molecule has 0 aliphatic carbocycles. The third-order valence-corrected chi connectivity index (χ3v) is 2.87. The second kappa shape index (κ2) is 2.75. The van der Waals surface area contributed by atoms with Gasteiger partial charge in [0, 0.05) is 13.2 Å². The van der Waals surface area contributed by atoms with Gasteiger partial charge in [0.1, 0.15) is 0 Å². The Balaban J connectivity index is 2.50. The summed E-state index contributed by atoms with van der Waals surface area (Å²) in [5, 5.41) is 6.28. The van der Waals surface area contributed by atoms with Gasteiger partial charge in [0.2, 0.25) is 0 Å². The van der Waals surface area contributed by atoms with Gasteiger partial charge in [-0.2, -0.15) is 5.10 Å². The van der Waals surface area contributed by atoms with Gasteiger partial charge in [0.05, 0.1) is 10.6 Å². The predicted molar refractivity (Wildman–Crippen MR) is 51.3 cm³/mol. The van der Waals surface area contributed by atoms with Crippen LogP contribution in [0.25, 0.3) is 10.6 Å². The third-order valence-electron chi connectivity index (χ3n) is 1.80. The fraction of sp³-hybridized carbons (Fsp3) is 0.222. The number of nitrogens with zero attached hydrogens (tertiary/aromatic N) is 2. The average Bonchev–Trinajstić information content (AvgIpc) is 2.58. The zero-order chi connectivity index (χ0) is 8.55. The molecular weight excluding hydrogens is 168 g/mol. The number of aromatic nitrogens is 2. The minimum Gasteiger partial charge on any atom is -0.267 e. The topological polar surface area (TPSA) is 17.8 Å². The predicted octanol–water partition coefficient (Wildman–Crippen LogP) is 2.46. The van der Waals surface area contributed by atoms with E-state index in [0.29, 0.717) is 0 Å². The molecule has 12 heavy (non-hydrogen) atoms. The molecule has 3 heteroatoms. The van der Waals surface area contributed by atoms with Crippen LogP contribution in [0.15, 0.2) is 23.7 Å². The Hall–Kier alpha value is -1.09. The average molecular weight is 178 g/mol. The molecule has 0 aliphatic heterocycles. The van der Waals surface area contributed by atoms with Gasteiger partial charge in [0.15, 0.2) is 0 Å². The summed E-state index contributed by atoms with van der Waals surface area (Å²) < 4.78 is 1.89. The fourth-order valence-electron chi connectivity index (χ4n) is 1.18. The van der Waals surface area contributed by atoms with Crippen molar-refractivity contribution in [3.63, 3.8) is 0 Å². The van der Waals surface area contributed by atoms with Gasteiger partial charge in [-0.25, -0.2) is 0 Å². The van der Waals surface area contributed by atoms with Crippen molar-refractivity contribution in [2.75, 3.05) is 0 Å². The molecule has 62 valence electrons. The fourth-order valence-corrected chi connectivity index (χ4v) is 2.14. The highest BCUT2D eigenvalue weighted by Crippen LogP contribution is 2.25. The largest absolute Gasteiger partial charge is 0.267 e. The molecule has 0 saturated heterocycles. The molecule has 0 bridgehead atoms. The summed E-state index contributed by atoms with van der Waals surface area (Å²) in [6.07, 6.45) is 1.82. The van der Waals surface area contributed by atoms with Gasteiger partial charge in [-0.15, -0.1) is 11.3 Å². The van der Waals surface area contributed by atoms with Crippen LogP contribution in [0.4, 0.5) is 0 Å². The highest BCUT2D eigenvalue weighted by atomic mass is 32.1. The second-order valence-corrected chi connectivity index (χ2v) is 3.74. The van der Waals surface area contributed by atoms with E-state index in [1.807, 2.05) is 24.0 Å². The Morgan fingerprint density at radius 1 is 1.50 bits per heavy atom. The maximum atomic E-state index is 4.13. The van der Waals surface area contributed by atoms with Crippen molar-refractivity contribution in [3.05, 3.63) is 29.3 Å². The molecule has 2 rings (SSSR count). The monoisotopic (exact) mass is 178 g/mol. The molecule has 0 amide bonds. The second-order valence-electron chi connectivity index (χ2n) is 2.83. The summed E-state index contributed by atoms with van der Waals surface area (Å²) in [5.41, 5.74) is 2.50. The summed E-state index contributed by atoms with van der Waals surface area (Å²) in [6, 6.07) is 4.22. The Bertz CT molecular complexity index is 387. The smallest absolute Gasteiger partial charge is 0.0778 e. The van der Waals surface area contributed by atoms with Crippen molar-refractivity contribution in [1.29, 1.82) is 0 Å². The molecule has 0 radical (unpaired) electrons. The van der Waals surface area contributed by atoms with E-state index in [2.05, 4.69) is 23.5 Å². The van der Waals surface area contributed by atoms with E-state index in [0.717, 1.165) is 0 Å². The summed E-state index contributed by atoms with van der Waals surface area (Å²) in [4.78, 5) is 1.28. The Morgan fingerprint density at radius 3 is 2.83 bits per heavy atom. The van der Waals surface area contributed by atoms with Crippen LogP contribution in [0, 0.1) is 6.92 Å². The summed E-state index contributed by atoms with van der Waals surface area (Å²) in [5.74, 6) is 0. The summed E-state index contributed by atoms with van der Waals surface area (Å²) in [6.45, 7) is 2.11. The number of hydrogen-bond acceptors (Lipinski definition) is 2. The van der Waals surface area contributed by atoms with Gasteiger partial charge in [-0.3, -0.25) is 4.68 Å². The Labute approximate surface area is 75.5 Å². The molecular formula is C9H10N2S.